The second-order valence-electron chi connectivity index (χ2n) is 8.25. The molecule has 0 unspecified atom stereocenters. The summed E-state index contributed by atoms with van der Waals surface area (Å²) in [4.78, 5) is 25.0. The molecule has 4 rings (SSSR count). The summed E-state index contributed by atoms with van der Waals surface area (Å²) in [6.07, 6.45) is 2.18. The number of aromatic nitrogens is 5. The summed E-state index contributed by atoms with van der Waals surface area (Å²) in [6, 6.07) is 8.89. The molecule has 0 amide bonds. The van der Waals surface area contributed by atoms with E-state index in [1.54, 1.807) is 54.5 Å². The third-order valence-electron chi connectivity index (χ3n) is 4.99. The fourth-order valence-corrected chi connectivity index (χ4v) is 3.92. The van der Waals surface area contributed by atoms with Crippen molar-refractivity contribution in [3.63, 3.8) is 0 Å². The van der Waals surface area contributed by atoms with Gasteiger partial charge in [-0.05, 0) is 43.7 Å². The van der Waals surface area contributed by atoms with Crippen molar-refractivity contribution >= 4 is 34.4 Å². The van der Waals surface area contributed by atoms with Gasteiger partial charge in [0.15, 0.2) is 5.65 Å². The highest BCUT2D eigenvalue weighted by Gasteiger charge is 2.21. The maximum absolute atomic E-state index is 13.2. The highest BCUT2D eigenvalue weighted by molar-refractivity contribution is 6.31. The third-order valence-corrected chi connectivity index (χ3v) is 5.55. The zero-order valence-corrected chi connectivity index (χ0v) is 19.4. The number of H-pyrrole nitrogens is 1. The van der Waals surface area contributed by atoms with Crippen molar-refractivity contribution < 1.29 is 9.84 Å². The Morgan fingerprint density at radius 3 is 2.66 bits per heavy atom. The van der Waals surface area contributed by atoms with E-state index in [4.69, 9.17) is 27.9 Å². The maximum atomic E-state index is 13.2. The lowest BCUT2D eigenvalue weighted by atomic mass is 10.1. The normalized spacial score (nSPS) is 11.9. The van der Waals surface area contributed by atoms with Crippen LogP contribution in [0.4, 0.5) is 0 Å². The van der Waals surface area contributed by atoms with Crippen molar-refractivity contribution in [3.05, 3.63) is 74.3 Å². The lowest BCUT2D eigenvalue weighted by Gasteiger charge is -2.19. The lowest BCUT2D eigenvalue weighted by molar-refractivity contribution is 0.0596. The number of nitrogens with one attached hydrogen (secondary N) is 1. The second-order valence-corrected chi connectivity index (χ2v) is 9.05. The van der Waals surface area contributed by atoms with Gasteiger partial charge in [-0.25, -0.2) is 14.8 Å². The highest BCUT2D eigenvalue weighted by atomic mass is 35.5. The number of rotatable bonds is 7. The molecule has 168 valence electrons. The average Bonchev–Trinajstić information content (AvgIpc) is 3.23. The number of nitrogens with zero attached hydrogens (tertiary/aromatic N) is 4. The number of pyridine rings is 1. The molecule has 0 aliphatic rings. The molecule has 0 saturated carbocycles. The van der Waals surface area contributed by atoms with Gasteiger partial charge in [0.25, 0.3) is 0 Å². The van der Waals surface area contributed by atoms with Gasteiger partial charge >= 0.3 is 5.69 Å². The quantitative estimate of drug-likeness (QED) is 0.397. The van der Waals surface area contributed by atoms with Gasteiger partial charge in [0.05, 0.1) is 31.3 Å². The van der Waals surface area contributed by atoms with E-state index in [1.807, 2.05) is 12.1 Å². The van der Waals surface area contributed by atoms with Gasteiger partial charge in [-0.15, -0.1) is 0 Å². The largest absolute Gasteiger partial charge is 0.497 e. The molecule has 0 fully saturated rings. The van der Waals surface area contributed by atoms with Crippen LogP contribution in [0, 0.1) is 0 Å². The summed E-state index contributed by atoms with van der Waals surface area (Å²) in [7, 11) is 1.58. The Bertz CT molecular complexity index is 1330. The number of hydrogen-bond donors (Lipinski definition) is 2. The average molecular weight is 476 g/mol. The van der Waals surface area contributed by atoms with Crippen molar-refractivity contribution in [1.29, 1.82) is 0 Å². The minimum absolute atomic E-state index is 0.138. The number of imidazole rings is 2. The molecule has 0 aliphatic heterocycles. The van der Waals surface area contributed by atoms with E-state index in [1.165, 1.54) is 0 Å². The molecule has 0 radical (unpaired) electrons. The van der Waals surface area contributed by atoms with E-state index in [-0.39, 0.29) is 18.8 Å². The van der Waals surface area contributed by atoms with Crippen molar-refractivity contribution in [1.82, 2.24) is 24.1 Å². The SMILES string of the molecule is COc1ccc(Cc2cn(Cc3nc4nc(Cl)ccc4[nH]3)c(=O)n2CC(C)(C)O)c(Cl)c1. The van der Waals surface area contributed by atoms with E-state index in [9.17, 15) is 9.90 Å². The van der Waals surface area contributed by atoms with Crippen LogP contribution in [0.25, 0.3) is 11.2 Å². The smallest absolute Gasteiger partial charge is 0.328 e. The molecule has 32 heavy (non-hydrogen) atoms. The first-order chi connectivity index (χ1) is 15.1. The van der Waals surface area contributed by atoms with Crippen molar-refractivity contribution in [2.24, 2.45) is 0 Å². The predicted octanol–water partition coefficient (Wildman–Crippen LogP) is 3.65. The molecule has 0 bridgehead atoms. The summed E-state index contributed by atoms with van der Waals surface area (Å²) in [5, 5.41) is 11.3. The van der Waals surface area contributed by atoms with Gasteiger partial charge in [0.2, 0.25) is 0 Å². The summed E-state index contributed by atoms with van der Waals surface area (Å²) < 4.78 is 8.33. The molecule has 10 heteroatoms. The van der Waals surface area contributed by atoms with Gasteiger partial charge in [-0.1, -0.05) is 29.3 Å². The molecule has 0 atom stereocenters. The number of hydrogen-bond acceptors (Lipinski definition) is 5. The standard InChI is InChI=1S/C22H23Cl2N5O3/c1-22(2,31)12-29-14(8-13-4-5-15(32-3)9-16(13)23)10-28(21(29)30)11-19-25-17-6-7-18(24)26-20(17)27-19/h4-7,9-10,31H,8,11-12H2,1-3H3,(H,25,26,27). The van der Waals surface area contributed by atoms with Crippen LogP contribution < -0.4 is 10.4 Å². The van der Waals surface area contributed by atoms with E-state index in [0.717, 1.165) is 16.8 Å². The van der Waals surface area contributed by atoms with E-state index < -0.39 is 5.60 Å². The Hall–Kier alpha value is -2.81. The van der Waals surface area contributed by atoms with Crippen LogP contribution in [0.5, 0.6) is 5.75 Å². The summed E-state index contributed by atoms with van der Waals surface area (Å²) in [6.45, 7) is 3.68. The number of halogens is 2. The third kappa shape index (κ3) is 4.82. The Balaban J connectivity index is 1.70. The van der Waals surface area contributed by atoms with Crippen molar-refractivity contribution in [2.45, 2.75) is 39.0 Å². The molecule has 0 aliphatic carbocycles. The first kappa shape index (κ1) is 22.4. The fraction of sp³-hybridized carbons (Fsp3) is 0.318. The first-order valence-electron chi connectivity index (χ1n) is 9.98. The van der Waals surface area contributed by atoms with Crippen LogP contribution in [0.3, 0.4) is 0 Å². The van der Waals surface area contributed by atoms with E-state index in [0.29, 0.717) is 33.8 Å². The highest BCUT2D eigenvalue weighted by Crippen LogP contribution is 2.25. The van der Waals surface area contributed by atoms with Gasteiger partial charge in [0.1, 0.15) is 16.7 Å². The Labute approximate surface area is 194 Å². The van der Waals surface area contributed by atoms with Crippen LogP contribution in [0.1, 0.15) is 30.9 Å². The van der Waals surface area contributed by atoms with E-state index in [2.05, 4.69) is 15.0 Å². The van der Waals surface area contributed by atoms with E-state index >= 15 is 0 Å². The number of aliphatic hydroxyl groups is 1. The van der Waals surface area contributed by atoms with Gasteiger partial charge in [-0.3, -0.25) is 9.13 Å². The minimum Gasteiger partial charge on any atom is -0.497 e. The molecule has 3 aromatic heterocycles. The number of fused-ring (bicyclic) bond motifs is 1. The van der Waals surface area contributed by atoms with Crippen molar-refractivity contribution in [3.8, 4) is 5.75 Å². The molecule has 1 aromatic carbocycles. The minimum atomic E-state index is -1.07. The summed E-state index contributed by atoms with van der Waals surface area (Å²) >= 11 is 12.4. The zero-order chi connectivity index (χ0) is 23.0. The number of ether oxygens (including phenoxy) is 1. The van der Waals surface area contributed by atoms with Crippen LogP contribution in [-0.2, 0) is 19.5 Å². The molecule has 2 N–H and O–H groups in total. The molecule has 3 heterocycles. The van der Waals surface area contributed by atoms with Gasteiger partial charge in [-0.2, -0.15) is 0 Å². The lowest BCUT2D eigenvalue weighted by Crippen LogP contribution is -2.34. The van der Waals surface area contributed by atoms with Crippen LogP contribution in [-0.4, -0.2) is 41.9 Å². The number of benzene rings is 1. The Morgan fingerprint density at radius 1 is 1.19 bits per heavy atom. The first-order valence-corrected chi connectivity index (χ1v) is 10.7. The Morgan fingerprint density at radius 2 is 1.97 bits per heavy atom. The molecule has 8 nitrogen and oxygen atoms in total. The monoisotopic (exact) mass is 475 g/mol. The molecular weight excluding hydrogens is 453 g/mol. The van der Waals surface area contributed by atoms with Gasteiger partial charge < -0.3 is 14.8 Å². The van der Waals surface area contributed by atoms with Crippen LogP contribution in [0.15, 0.2) is 41.3 Å². The molecular formula is C22H23Cl2N5O3. The van der Waals surface area contributed by atoms with Crippen LogP contribution in [0.2, 0.25) is 10.2 Å². The topological polar surface area (TPSA) is 98.0 Å². The number of aromatic amines is 1. The molecule has 0 spiro atoms. The summed E-state index contributed by atoms with van der Waals surface area (Å²) in [5.41, 5.74) is 1.46. The van der Waals surface area contributed by atoms with Gasteiger partial charge in [0, 0.05) is 23.3 Å². The second kappa shape index (κ2) is 8.61. The molecule has 4 aromatic rings. The predicted molar refractivity (Wildman–Crippen MR) is 124 cm³/mol. The maximum Gasteiger partial charge on any atom is 0.328 e. The molecule has 0 saturated heterocycles. The summed E-state index contributed by atoms with van der Waals surface area (Å²) in [5.74, 6) is 1.23. The van der Waals surface area contributed by atoms with Crippen LogP contribution >= 0.6 is 23.2 Å². The fourth-order valence-electron chi connectivity index (χ4n) is 3.54. The number of methoxy groups -OCH3 is 1. The Kier molecular flexibility index (Phi) is 6.03. The zero-order valence-electron chi connectivity index (χ0n) is 17.9. The van der Waals surface area contributed by atoms with Crippen molar-refractivity contribution in [2.75, 3.05) is 7.11 Å².